The van der Waals surface area contributed by atoms with Gasteiger partial charge >= 0.3 is 0 Å². The molecule has 0 radical (unpaired) electrons. The normalized spacial score (nSPS) is 11.1. The Balaban J connectivity index is 2.09. The number of thiol groups is 1. The average molecular weight is 382 g/mol. The van der Waals surface area contributed by atoms with E-state index in [2.05, 4.69) is 6.58 Å². The largest absolute Gasteiger partial charge is 0.451 e. The van der Waals surface area contributed by atoms with Gasteiger partial charge in [-0.2, -0.15) is 8.78 Å². The highest BCUT2D eigenvalue weighted by Crippen LogP contribution is 2.35. The Morgan fingerprint density at radius 2 is 1.42 bits per heavy atom. The van der Waals surface area contributed by atoms with Crippen LogP contribution < -0.4 is 4.74 Å². The Morgan fingerprint density at radius 1 is 0.846 bits per heavy atom. The van der Waals surface area contributed by atoms with Crippen LogP contribution in [0.15, 0.2) is 47.9 Å². The second-order valence-corrected chi connectivity index (χ2v) is 6.23. The third kappa shape index (κ3) is 3.03. The summed E-state index contributed by atoms with van der Waals surface area (Å²) in [7, 11) is -3.86. The van der Waals surface area contributed by atoms with Gasteiger partial charge in [-0.1, -0.05) is 30.9 Å². The van der Waals surface area contributed by atoms with E-state index in [1.54, 1.807) is 24.3 Å². The standard InChI is InChI=1S/C18H10F4O3S/c1-2-9-3-4-11-8-12(6-5-10(11)7-9)25-17-13(19)15(21)18(26(23)24)16(22)14(17)20/h2-8,26H,1H2. The molecule has 0 atom stereocenters. The lowest BCUT2D eigenvalue weighted by Crippen LogP contribution is -2.05. The quantitative estimate of drug-likeness (QED) is 0.400. The lowest BCUT2D eigenvalue weighted by molar-refractivity contribution is 0.352. The van der Waals surface area contributed by atoms with Gasteiger partial charge in [0.05, 0.1) is 0 Å². The number of hydrogen-bond donors (Lipinski definition) is 1. The van der Waals surface area contributed by atoms with Crippen molar-refractivity contribution in [3.63, 3.8) is 0 Å². The summed E-state index contributed by atoms with van der Waals surface area (Å²) in [4.78, 5) is -1.68. The first kappa shape index (κ1) is 17.9. The van der Waals surface area contributed by atoms with Gasteiger partial charge in [0, 0.05) is 0 Å². The molecule has 0 aliphatic rings. The highest BCUT2D eigenvalue weighted by Gasteiger charge is 2.28. The van der Waals surface area contributed by atoms with Gasteiger partial charge in [-0.25, -0.2) is 17.2 Å². The third-order valence-electron chi connectivity index (χ3n) is 3.67. The second kappa shape index (κ2) is 6.80. The lowest BCUT2D eigenvalue weighted by Gasteiger charge is -2.11. The lowest BCUT2D eigenvalue weighted by atomic mass is 10.1. The zero-order valence-electron chi connectivity index (χ0n) is 12.9. The average Bonchev–Trinajstić information content (AvgIpc) is 2.63. The van der Waals surface area contributed by atoms with Crippen LogP contribution in [0, 0.1) is 23.3 Å². The van der Waals surface area contributed by atoms with Crippen molar-refractivity contribution in [3.05, 3.63) is 71.8 Å². The Kier molecular flexibility index (Phi) is 4.69. The van der Waals surface area contributed by atoms with Crippen LogP contribution in [-0.2, 0) is 10.7 Å². The van der Waals surface area contributed by atoms with E-state index in [0.717, 1.165) is 10.9 Å². The molecule has 8 heteroatoms. The number of rotatable bonds is 4. The predicted octanol–water partition coefficient (Wildman–Crippen LogP) is 4.80. The van der Waals surface area contributed by atoms with Crippen molar-refractivity contribution in [3.8, 4) is 11.5 Å². The second-order valence-electron chi connectivity index (χ2n) is 5.27. The zero-order chi connectivity index (χ0) is 19.0. The van der Waals surface area contributed by atoms with E-state index in [1.165, 1.54) is 12.1 Å². The zero-order valence-corrected chi connectivity index (χ0v) is 13.8. The van der Waals surface area contributed by atoms with Crippen molar-refractivity contribution >= 4 is 27.6 Å². The van der Waals surface area contributed by atoms with E-state index in [4.69, 9.17) is 4.74 Å². The molecule has 0 unspecified atom stereocenters. The van der Waals surface area contributed by atoms with Crippen LogP contribution in [0.2, 0.25) is 0 Å². The Hall–Kier alpha value is -2.87. The van der Waals surface area contributed by atoms with Crippen LogP contribution in [0.5, 0.6) is 11.5 Å². The molecule has 0 aromatic heterocycles. The first-order chi connectivity index (χ1) is 12.3. The minimum Gasteiger partial charge on any atom is -0.451 e. The summed E-state index contributed by atoms with van der Waals surface area (Å²) in [6.07, 6.45) is 1.64. The minimum atomic E-state index is -3.86. The summed E-state index contributed by atoms with van der Waals surface area (Å²) in [5.74, 6) is -9.37. The molecule has 134 valence electrons. The van der Waals surface area contributed by atoms with Crippen LogP contribution in [0.1, 0.15) is 5.56 Å². The molecule has 3 aromatic rings. The van der Waals surface area contributed by atoms with Gasteiger partial charge in [0.15, 0.2) is 22.3 Å². The Bertz CT molecular complexity index is 1090. The molecule has 0 fully saturated rings. The van der Waals surface area contributed by atoms with Gasteiger partial charge in [0.2, 0.25) is 17.4 Å². The first-order valence-corrected chi connectivity index (χ1v) is 8.35. The maximum Gasteiger partial charge on any atom is 0.205 e. The van der Waals surface area contributed by atoms with E-state index in [0.29, 0.717) is 5.39 Å². The van der Waals surface area contributed by atoms with Gasteiger partial charge in [-0.05, 0) is 34.5 Å². The van der Waals surface area contributed by atoms with Crippen LogP contribution in [0.25, 0.3) is 16.8 Å². The smallest absolute Gasteiger partial charge is 0.205 e. The van der Waals surface area contributed by atoms with Gasteiger partial charge in [-0.15, -0.1) is 0 Å². The highest BCUT2D eigenvalue weighted by atomic mass is 32.2. The van der Waals surface area contributed by atoms with Gasteiger partial charge < -0.3 is 4.74 Å². The summed E-state index contributed by atoms with van der Waals surface area (Å²) in [6, 6.07) is 9.62. The summed E-state index contributed by atoms with van der Waals surface area (Å²) in [5, 5.41) is 1.43. The number of benzene rings is 3. The van der Waals surface area contributed by atoms with Crippen LogP contribution in [-0.4, -0.2) is 8.42 Å². The Labute approximate surface area is 147 Å². The van der Waals surface area contributed by atoms with Crippen LogP contribution in [0.4, 0.5) is 17.6 Å². The number of hydrogen-bond acceptors (Lipinski definition) is 3. The molecular weight excluding hydrogens is 372 g/mol. The van der Waals surface area contributed by atoms with Crippen molar-refractivity contribution in [1.29, 1.82) is 0 Å². The van der Waals surface area contributed by atoms with E-state index in [-0.39, 0.29) is 5.75 Å². The van der Waals surface area contributed by atoms with Gasteiger partial charge in [0.1, 0.15) is 10.6 Å². The van der Waals surface area contributed by atoms with Crippen molar-refractivity contribution in [2.75, 3.05) is 0 Å². The predicted molar refractivity (Wildman–Crippen MR) is 89.0 cm³/mol. The monoisotopic (exact) mass is 382 g/mol. The van der Waals surface area contributed by atoms with Crippen molar-refractivity contribution in [1.82, 2.24) is 0 Å². The van der Waals surface area contributed by atoms with E-state index in [1.807, 2.05) is 6.07 Å². The number of ether oxygens (including phenoxy) is 1. The van der Waals surface area contributed by atoms with Crippen molar-refractivity contribution in [2.45, 2.75) is 4.90 Å². The maximum absolute atomic E-state index is 14.0. The molecule has 0 aliphatic heterocycles. The fourth-order valence-electron chi connectivity index (χ4n) is 2.40. The number of halogens is 4. The fourth-order valence-corrected chi connectivity index (χ4v) is 2.92. The summed E-state index contributed by atoms with van der Waals surface area (Å²) in [6.45, 7) is 3.64. The molecule has 0 saturated carbocycles. The molecular formula is C18H10F4O3S. The van der Waals surface area contributed by atoms with E-state index < -0.39 is 44.6 Å². The molecule has 0 amide bonds. The topological polar surface area (TPSA) is 43.4 Å². The van der Waals surface area contributed by atoms with Crippen molar-refractivity contribution < 1.29 is 30.7 Å². The SMILES string of the molecule is C=Cc1ccc2cc(Oc3c(F)c(F)c([SH](=O)=O)c(F)c3F)ccc2c1. The van der Waals surface area contributed by atoms with Crippen LogP contribution >= 0.6 is 0 Å². The Morgan fingerprint density at radius 3 is 2.00 bits per heavy atom. The third-order valence-corrected chi connectivity index (χ3v) is 4.43. The molecule has 0 bridgehead atoms. The fraction of sp³-hybridized carbons (Fsp3) is 0. The molecule has 0 aliphatic carbocycles. The molecule has 0 N–H and O–H groups in total. The summed E-state index contributed by atoms with van der Waals surface area (Å²) >= 11 is 0. The molecule has 0 heterocycles. The van der Waals surface area contributed by atoms with Gasteiger partial charge in [0.25, 0.3) is 0 Å². The molecule has 3 nitrogen and oxygen atoms in total. The summed E-state index contributed by atoms with van der Waals surface area (Å²) in [5.41, 5.74) is 0.856. The molecule has 3 rings (SSSR count). The minimum absolute atomic E-state index is 0.0836. The number of fused-ring (bicyclic) bond motifs is 1. The van der Waals surface area contributed by atoms with E-state index >= 15 is 0 Å². The first-order valence-electron chi connectivity index (χ1n) is 7.18. The maximum atomic E-state index is 14.0. The molecule has 0 saturated heterocycles. The summed E-state index contributed by atoms with van der Waals surface area (Å²) < 4.78 is 82.0. The van der Waals surface area contributed by atoms with Crippen molar-refractivity contribution in [2.24, 2.45) is 0 Å². The molecule has 26 heavy (non-hydrogen) atoms. The molecule has 3 aromatic carbocycles. The van der Waals surface area contributed by atoms with Crippen LogP contribution in [0.3, 0.4) is 0 Å². The molecule has 0 spiro atoms. The van der Waals surface area contributed by atoms with E-state index in [9.17, 15) is 26.0 Å². The van der Waals surface area contributed by atoms with Gasteiger partial charge in [-0.3, -0.25) is 0 Å². The highest BCUT2D eigenvalue weighted by molar-refractivity contribution is 7.72.